The van der Waals surface area contributed by atoms with Crippen molar-refractivity contribution in [2.24, 2.45) is 0 Å². The van der Waals surface area contributed by atoms with Gasteiger partial charge < -0.3 is 9.42 Å². The Bertz CT molecular complexity index is 650. The third-order valence-corrected chi connectivity index (χ3v) is 4.53. The fraction of sp³-hybridized carbons (Fsp3) is 0.200. The van der Waals surface area contributed by atoms with E-state index in [0.717, 1.165) is 16.7 Å². The summed E-state index contributed by atoms with van der Waals surface area (Å²) in [6, 6.07) is 12.5. The van der Waals surface area contributed by atoms with Crippen molar-refractivity contribution in [2.75, 3.05) is 0 Å². The van der Waals surface area contributed by atoms with Crippen LogP contribution < -0.4 is 9.83 Å². The van der Waals surface area contributed by atoms with Gasteiger partial charge in [-0.3, -0.25) is 0 Å². The van der Waals surface area contributed by atoms with Crippen LogP contribution in [0.2, 0.25) is 0 Å². The van der Waals surface area contributed by atoms with Crippen LogP contribution in [0.1, 0.15) is 16.7 Å². The summed E-state index contributed by atoms with van der Waals surface area (Å²) in [5.41, 5.74) is 2.69. The predicted octanol–water partition coefficient (Wildman–Crippen LogP) is 3.50. The monoisotopic (exact) mass is 276 g/mol. The number of aryl methyl sites for hydroxylation is 3. The van der Waals surface area contributed by atoms with Crippen LogP contribution in [0.25, 0.3) is 0 Å². The summed E-state index contributed by atoms with van der Waals surface area (Å²) in [7, 11) is -3.85. The quantitative estimate of drug-likeness (QED) is 0.873. The Labute approximate surface area is 113 Å². The van der Waals surface area contributed by atoms with Crippen molar-refractivity contribution in [3.8, 4) is 5.75 Å². The molecule has 0 bridgehead atoms. The largest absolute Gasteiger partial charge is 0.421 e. The van der Waals surface area contributed by atoms with Gasteiger partial charge in [-0.1, -0.05) is 35.9 Å². The second-order valence-corrected chi connectivity index (χ2v) is 6.37. The lowest BCUT2D eigenvalue weighted by atomic mass is 10.1. The van der Waals surface area contributed by atoms with E-state index in [-0.39, 0.29) is 0 Å². The van der Waals surface area contributed by atoms with Gasteiger partial charge in [0.2, 0.25) is 0 Å². The zero-order valence-electron chi connectivity index (χ0n) is 11.3. The van der Waals surface area contributed by atoms with Crippen molar-refractivity contribution in [1.29, 1.82) is 0 Å². The van der Waals surface area contributed by atoms with Gasteiger partial charge in [-0.15, -0.1) is 0 Å². The standard InChI is InChI=1S/C15H17O3P/c1-11-8-9-14(13(3)10-11)18-19(16,17)15-7-5-4-6-12(15)2/h4-10H,1-3H3,(H,16,17). The normalized spacial score (nSPS) is 13.9. The van der Waals surface area contributed by atoms with Gasteiger partial charge in [-0.05, 0) is 44.0 Å². The molecule has 0 saturated carbocycles. The van der Waals surface area contributed by atoms with Crippen LogP contribution in [-0.2, 0) is 4.57 Å². The second-order valence-electron chi connectivity index (χ2n) is 4.67. The van der Waals surface area contributed by atoms with Gasteiger partial charge >= 0.3 is 7.60 Å². The third-order valence-electron chi connectivity index (χ3n) is 2.97. The van der Waals surface area contributed by atoms with Crippen molar-refractivity contribution in [3.05, 3.63) is 59.2 Å². The van der Waals surface area contributed by atoms with Gasteiger partial charge in [0.05, 0.1) is 5.30 Å². The van der Waals surface area contributed by atoms with E-state index in [0.29, 0.717) is 11.1 Å². The molecule has 2 aromatic carbocycles. The lowest BCUT2D eigenvalue weighted by Crippen LogP contribution is -2.12. The zero-order valence-corrected chi connectivity index (χ0v) is 12.1. The average Bonchev–Trinajstić information content (AvgIpc) is 2.33. The molecule has 0 heterocycles. The first-order valence-corrected chi connectivity index (χ1v) is 7.64. The molecule has 1 atom stereocenters. The van der Waals surface area contributed by atoms with E-state index in [4.69, 9.17) is 4.52 Å². The van der Waals surface area contributed by atoms with E-state index < -0.39 is 7.60 Å². The molecule has 1 N–H and O–H groups in total. The molecule has 0 spiro atoms. The van der Waals surface area contributed by atoms with Gasteiger partial charge in [0.1, 0.15) is 5.75 Å². The van der Waals surface area contributed by atoms with Crippen LogP contribution >= 0.6 is 7.60 Å². The summed E-state index contributed by atoms with van der Waals surface area (Å²) < 4.78 is 17.7. The Morgan fingerprint density at radius 2 is 1.68 bits per heavy atom. The fourth-order valence-corrected chi connectivity index (χ4v) is 3.33. The molecule has 0 radical (unpaired) electrons. The first kappa shape index (κ1) is 13.9. The number of hydrogen-bond acceptors (Lipinski definition) is 2. The highest BCUT2D eigenvalue weighted by molar-refractivity contribution is 7.61. The van der Waals surface area contributed by atoms with Crippen LogP contribution in [0, 0.1) is 20.8 Å². The minimum Gasteiger partial charge on any atom is -0.421 e. The van der Waals surface area contributed by atoms with Crippen molar-refractivity contribution in [2.45, 2.75) is 20.8 Å². The Balaban J connectivity index is 2.37. The predicted molar refractivity (Wildman–Crippen MR) is 77.2 cm³/mol. The van der Waals surface area contributed by atoms with Crippen LogP contribution in [-0.4, -0.2) is 4.89 Å². The van der Waals surface area contributed by atoms with E-state index in [2.05, 4.69) is 0 Å². The molecule has 19 heavy (non-hydrogen) atoms. The molecule has 1 unspecified atom stereocenters. The molecule has 4 heteroatoms. The van der Waals surface area contributed by atoms with E-state index in [1.807, 2.05) is 32.0 Å². The summed E-state index contributed by atoms with van der Waals surface area (Å²) in [4.78, 5) is 10.1. The average molecular weight is 276 g/mol. The first-order valence-electron chi connectivity index (χ1n) is 6.06. The van der Waals surface area contributed by atoms with Crippen molar-refractivity contribution in [1.82, 2.24) is 0 Å². The lowest BCUT2D eigenvalue weighted by Gasteiger charge is -2.17. The Hall–Kier alpha value is -1.57. The minimum absolute atomic E-state index is 0.343. The van der Waals surface area contributed by atoms with Crippen LogP contribution in [0.3, 0.4) is 0 Å². The summed E-state index contributed by atoms with van der Waals surface area (Å²) in [6.07, 6.45) is 0. The van der Waals surface area contributed by atoms with E-state index in [9.17, 15) is 9.46 Å². The van der Waals surface area contributed by atoms with Gasteiger partial charge in [-0.2, -0.15) is 0 Å². The molecule has 2 rings (SSSR count). The molecule has 0 aliphatic heterocycles. The van der Waals surface area contributed by atoms with Crippen molar-refractivity contribution < 1.29 is 14.0 Å². The molecule has 2 aromatic rings. The summed E-state index contributed by atoms with van der Waals surface area (Å²) >= 11 is 0. The summed E-state index contributed by atoms with van der Waals surface area (Å²) in [5, 5.41) is 0.343. The Kier molecular flexibility index (Phi) is 3.79. The summed E-state index contributed by atoms with van der Waals surface area (Å²) in [6.45, 7) is 5.63. The topological polar surface area (TPSA) is 46.5 Å². The minimum atomic E-state index is -3.85. The van der Waals surface area contributed by atoms with Crippen molar-refractivity contribution in [3.63, 3.8) is 0 Å². The highest BCUT2D eigenvalue weighted by atomic mass is 31.2. The summed E-state index contributed by atoms with van der Waals surface area (Å²) in [5.74, 6) is 0.444. The lowest BCUT2D eigenvalue weighted by molar-refractivity contribution is 0.392. The number of hydrogen-bond donors (Lipinski definition) is 1. The molecule has 0 aliphatic rings. The number of rotatable bonds is 3. The van der Waals surface area contributed by atoms with Crippen LogP contribution in [0.15, 0.2) is 42.5 Å². The molecule has 3 nitrogen and oxygen atoms in total. The highest BCUT2D eigenvalue weighted by Crippen LogP contribution is 2.43. The van der Waals surface area contributed by atoms with Gasteiger partial charge in [0.25, 0.3) is 0 Å². The Morgan fingerprint density at radius 3 is 2.32 bits per heavy atom. The maximum Gasteiger partial charge on any atom is 0.408 e. The van der Waals surface area contributed by atoms with Gasteiger partial charge in [0, 0.05) is 0 Å². The van der Waals surface area contributed by atoms with Crippen LogP contribution in [0.5, 0.6) is 5.75 Å². The molecule has 0 amide bonds. The molecular formula is C15H17O3P. The number of benzene rings is 2. The Morgan fingerprint density at radius 1 is 1.00 bits per heavy atom. The van der Waals surface area contributed by atoms with Crippen LogP contribution in [0.4, 0.5) is 0 Å². The van der Waals surface area contributed by atoms with E-state index in [1.54, 1.807) is 31.2 Å². The highest BCUT2D eigenvalue weighted by Gasteiger charge is 2.26. The van der Waals surface area contributed by atoms with Gasteiger partial charge in [0.15, 0.2) is 0 Å². The first-order chi connectivity index (χ1) is 8.90. The third kappa shape index (κ3) is 3.06. The molecule has 0 fully saturated rings. The molecule has 0 aromatic heterocycles. The molecular weight excluding hydrogens is 259 g/mol. The fourth-order valence-electron chi connectivity index (χ4n) is 1.96. The second kappa shape index (κ2) is 5.20. The van der Waals surface area contributed by atoms with Gasteiger partial charge in [-0.25, -0.2) is 4.57 Å². The maximum atomic E-state index is 12.4. The SMILES string of the molecule is Cc1ccc(OP(=O)(O)c2ccccc2C)c(C)c1. The smallest absolute Gasteiger partial charge is 0.408 e. The molecule has 0 saturated heterocycles. The van der Waals surface area contributed by atoms with Crippen molar-refractivity contribution >= 4 is 12.9 Å². The zero-order chi connectivity index (χ0) is 14.0. The van der Waals surface area contributed by atoms with E-state index in [1.165, 1.54) is 0 Å². The maximum absolute atomic E-state index is 12.4. The molecule has 0 aliphatic carbocycles. The van der Waals surface area contributed by atoms with E-state index >= 15 is 0 Å². The molecule has 100 valence electrons.